The highest BCUT2D eigenvalue weighted by atomic mass is 16.5. The van der Waals surface area contributed by atoms with Crippen LogP contribution in [-0.4, -0.2) is 58.6 Å². The van der Waals surface area contributed by atoms with E-state index in [1.165, 1.54) is 0 Å². The van der Waals surface area contributed by atoms with Crippen molar-refractivity contribution in [2.24, 2.45) is 5.92 Å². The van der Waals surface area contributed by atoms with E-state index in [-0.39, 0.29) is 19.1 Å². The van der Waals surface area contributed by atoms with Crippen molar-refractivity contribution in [3.05, 3.63) is 0 Å². The quantitative estimate of drug-likeness (QED) is 0.449. The predicted molar refractivity (Wildman–Crippen MR) is 48.6 cm³/mol. The third-order valence-corrected chi connectivity index (χ3v) is 2.65. The lowest BCUT2D eigenvalue weighted by Crippen LogP contribution is -2.51. The predicted octanol–water partition coefficient (Wildman–Crippen LogP) is -1.51. The summed E-state index contributed by atoms with van der Waals surface area (Å²) in [6.07, 6.45) is -1.38. The Morgan fingerprint density at radius 3 is 2.43 bits per heavy atom. The molecule has 0 spiro atoms. The molecule has 0 saturated carbocycles. The Hall–Kier alpha value is -0.200. The van der Waals surface area contributed by atoms with E-state index < -0.39 is 18.3 Å². The highest BCUT2D eigenvalue weighted by Crippen LogP contribution is 2.23. The van der Waals surface area contributed by atoms with Gasteiger partial charge in [0.15, 0.2) is 0 Å². The van der Waals surface area contributed by atoms with Crippen molar-refractivity contribution in [1.82, 2.24) is 0 Å². The summed E-state index contributed by atoms with van der Waals surface area (Å²) in [6.45, 7) is 0.108. The molecule has 1 saturated heterocycles. The number of hydrogen-bond donors (Lipinski definition) is 4. The molecule has 0 bridgehead atoms. The molecule has 0 unspecified atom stereocenters. The molecule has 0 aromatic heterocycles. The largest absolute Gasteiger partial charge is 0.396 e. The SMILES string of the molecule is OCCC[C@@H]1CO[C@H](CO)[C@H](O)[C@@H]1O. The van der Waals surface area contributed by atoms with E-state index >= 15 is 0 Å². The molecular weight excluding hydrogens is 188 g/mol. The summed E-state index contributed by atoms with van der Waals surface area (Å²) in [5, 5.41) is 36.6. The first kappa shape index (κ1) is 11.9. The average molecular weight is 206 g/mol. The summed E-state index contributed by atoms with van der Waals surface area (Å²) < 4.78 is 5.18. The molecule has 5 nitrogen and oxygen atoms in total. The van der Waals surface area contributed by atoms with Crippen molar-refractivity contribution in [1.29, 1.82) is 0 Å². The lowest BCUT2D eigenvalue weighted by molar-refractivity contribution is -0.176. The fourth-order valence-electron chi connectivity index (χ4n) is 1.71. The number of aliphatic hydroxyl groups is 4. The first-order chi connectivity index (χ1) is 6.70. The van der Waals surface area contributed by atoms with Gasteiger partial charge < -0.3 is 25.2 Å². The van der Waals surface area contributed by atoms with Crippen molar-refractivity contribution >= 4 is 0 Å². The molecule has 0 aliphatic carbocycles. The monoisotopic (exact) mass is 206 g/mol. The van der Waals surface area contributed by atoms with E-state index in [1.807, 2.05) is 0 Å². The standard InChI is InChI=1S/C9H18O5/c10-3-1-2-6-5-14-7(4-11)9(13)8(6)12/h6-13H,1-5H2/t6-,7-,8-,9+/m1/s1. The van der Waals surface area contributed by atoms with Crippen LogP contribution in [0.25, 0.3) is 0 Å². The van der Waals surface area contributed by atoms with Crippen LogP contribution in [0, 0.1) is 5.92 Å². The second-order valence-corrected chi connectivity index (χ2v) is 3.66. The Kier molecular flexibility index (Phi) is 4.77. The summed E-state index contributed by atoms with van der Waals surface area (Å²) in [6, 6.07) is 0. The second-order valence-electron chi connectivity index (χ2n) is 3.66. The van der Waals surface area contributed by atoms with Crippen LogP contribution in [0.15, 0.2) is 0 Å². The Morgan fingerprint density at radius 2 is 1.86 bits per heavy atom. The zero-order chi connectivity index (χ0) is 10.6. The van der Waals surface area contributed by atoms with Crippen molar-refractivity contribution in [2.45, 2.75) is 31.2 Å². The zero-order valence-corrected chi connectivity index (χ0v) is 8.04. The van der Waals surface area contributed by atoms with Gasteiger partial charge in [0.2, 0.25) is 0 Å². The maximum Gasteiger partial charge on any atom is 0.109 e. The van der Waals surface area contributed by atoms with Crippen LogP contribution in [0.1, 0.15) is 12.8 Å². The second kappa shape index (κ2) is 5.63. The number of hydrogen-bond acceptors (Lipinski definition) is 5. The molecule has 1 rings (SSSR count). The van der Waals surface area contributed by atoms with Crippen molar-refractivity contribution in [3.63, 3.8) is 0 Å². The average Bonchev–Trinajstić information content (AvgIpc) is 2.20. The minimum atomic E-state index is -1.03. The van der Waals surface area contributed by atoms with Crippen molar-refractivity contribution in [3.8, 4) is 0 Å². The van der Waals surface area contributed by atoms with E-state index in [0.717, 1.165) is 0 Å². The van der Waals surface area contributed by atoms with Gasteiger partial charge in [-0.2, -0.15) is 0 Å². The summed E-state index contributed by atoms with van der Waals surface area (Å²) >= 11 is 0. The summed E-state index contributed by atoms with van der Waals surface area (Å²) in [5.74, 6) is -0.153. The minimum Gasteiger partial charge on any atom is -0.396 e. The molecule has 1 aliphatic rings. The normalized spacial score (nSPS) is 38.6. The van der Waals surface area contributed by atoms with Crippen LogP contribution in [0.3, 0.4) is 0 Å². The first-order valence-corrected chi connectivity index (χ1v) is 4.90. The first-order valence-electron chi connectivity index (χ1n) is 4.90. The van der Waals surface area contributed by atoms with Gasteiger partial charge >= 0.3 is 0 Å². The number of ether oxygens (including phenoxy) is 1. The molecule has 1 fully saturated rings. The van der Waals surface area contributed by atoms with E-state index in [2.05, 4.69) is 0 Å². The maximum absolute atomic E-state index is 9.64. The van der Waals surface area contributed by atoms with Gasteiger partial charge in [-0.05, 0) is 12.8 Å². The summed E-state index contributed by atoms with van der Waals surface area (Å²) in [4.78, 5) is 0. The van der Waals surface area contributed by atoms with Gasteiger partial charge in [0.05, 0.1) is 19.3 Å². The molecule has 0 amide bonds. The molecular formula is C9H18O5. The zero-order valence-electron chi connectivity index (χ0n) is 8.04. The molecule has 1 aliphatic heterocycles. The van der Waals surface area contributed by atoms with Crippen LogP contribution in [0.2, 0.25) is 0 Å². The Labute approximate surface area is 82.9 Å². The van der Waals surface area contributed by atoms with Crippen LogP contribution in [-0.2, 0) is 4.74 Å². The Balaban J connectivity index is 2.42. The van der Waals surface area contributed by atoms with Crippen LogP contribution >= 0.6 is 0 Å². The molecule has 84 valence electrons. The highest BCUT2D eigenvalue weighted by molar-refractivity contribution is 4.86. The molecule has 1 heterocycles. The molecule has 4 N–H and O–H groups in total. The molecule has 14 heavy (non-hydrogen) atoms. The highest BCUT2D eigenvalue weighted by Gasteiger charge is 2.37. The Bertz CT molecular complexity index is 163. The topological polar surface area (TPSA) is 90.2 Å². The van der Waals surface area contributed by atoms with Gasteiger partial charge in [-0.15, -0.1) is 0 Å². The van der Waals surface area contributed by atoms with Gasteiger partial charge in [-0.3, -0.25) is 0 Å². The van der Waals surface area contributed by atoms with Crippen molar-refractivity contribution in [2.75, 3.05) is 19.8 Å². The molecule has 4 atom stereocenters. The summed E-state index contributed by atoms with van der Waals surface area (Å²) in [5.41, 5.74) is 0. The van der Waals surface area contributed by atoms with E-state index in [0.29, 0.717) is 19.4 Å². The van der Waals surface area contributed by atoms with E-state index in [1.54, 1.807) is 0 Å². The molecule has 0 radical (unpaired) electrons. The van der Waals surface area contributed by atoms with Crippen LogP contribution in [0.5, 0.6) is 0 Å². The van der Waals surface area contributed by atoms with E-state index in [4.69, 9.17) is 14.9 Å². The minimum absolute atomic E-state index is 0.0722. The lowest BCUT2D eigenvalue weighted by atomic mass is 9.89. The smallest absolute Gasteiger partial charge is 0.109 e. The fourth-order valence-corrected chi connectivity index (χ4v) is 1.71. The van der Waals surface area contributed by atoms with E-state index in [9.17, 15) is 10.2 Å². The van der Waals surface area contributed by atoms with Crippen LogP contribution in [0.4, 0.5) is 0 Å². The van der Waals surface area contributed by atoms with Gasteiger partial charge in [0.25, 0.3) is 0 Å². The number of rotatable bonds is 4. The third kappa shape index (κ3) is 2.65. The fraction of sp³-hybridized carbons (Fsp3) is 1.00. The van der Waals surface area contributed by atoms with Gasteiger partial charge in [0.1, 0.15) is 12.2 Å². The number of aliphatic hydroxyl groups excluding tert-OH is 4. The summed E-state index contributed by atoms with van der Waals surface area (Å²) in [7, 11) is 0. The third-order valence-electron chi connectivity index (χ3n) is 2.65. The van der Waals surface area contributed by atoms with Gasteiger partial charge in [-0.1, -0.05) is 0 Å². The molecule has 0 aromatic carbocycles. The van der Waals surface area contributed by atoms with Crippen molar-refractivity contribution < 1.29 is 25.2 Å². The maximum atomic E-state index is 9.64. The Morgan fingerprint density at radius 1 is 1.14 bits per heavy atom. The van der Waals surface area contributed by atoms with Crippen LogP contribution < -0.4 is 0 Å². The van der Waals surface area contributed by atoms with Gasteiger partial charge in [-0.25, -0.2) is 0 Å². The lowest BCUT2D eigenvalue weighted by Gasteiger charge is -2.36. The molecule has 0 aromatic rings. The van der Waals surface area contributed by atoms with Gasteiger partial charge in [0, 0.05) is 12.5 Å². The molecule has 5 heteroatoms.